The Morgan fingerprint density at radius 1 is 1.44 bits per heavy atom. The summed E-state index contributed by atoms with van der Waals surface area (Å²) in [4.78, 5) is 6.99. The second-order valence-electron chi connectivity index (χ2n) is 4.87. The first kappa shape index (κ1) is 11.9. The van der Waals surface area contributed by atoms with Crippen molar-refractivity contribution in [2.75, 3.05) is 11.4 Å². The molecule has 0 radical (unpaired) electrons. The molecule has 88 valence electrons. The summed E-state index contributed by atoms with van der Waals surface area (Å²) >= 11 is 3.63. The molecule has 2 rings (SSSR count). The fraction of sp³-hybridized carbons (Fsp3) is 0.615. The van der Waals surface area contributed by atoms with Crippen molar-refractivity contribution < 1.29 is 0 Å². The van der Waals surface area contributed by atoms with Crippen molar-refractivity contribution in [1.29, 1.82) is 0 Å². The highest BCUT2D eigenvalue weighted by Gasteiger charge is 2.26. The van der Waals surface area contributed by atoms with E-state index in [0.29, 0.717) is 6.04 Å². The maximum Gasteiger partial charge on any atom is 0.143 e. The van der Waals surface area contributed by atoms with Gasteiger partial charge in [0.05, 0.1) is 4.47 Å². The first-order chi connectivity index (χ1) is 7.59. The van der Waals surface area contributed by atoms with Gasteiger partial charge in [0, 0.05) is 18.8 Å². The van der Waals surface area contributed by atoms with Gasteiger partial charge in [-0.3, -0.25) is 0 Å². The summed E-state index contributed by atoms with van der Waals surface area (Å²) < 4.78 is 1.12. The highest BCUT2D eigenvalue weighted by molar-refractivity contribution is 9.10. The Morgan fingerprint density at radius 3 is 2.88 bits per heavy atom. The Kier molecular flexibility index (Phi) is 3.53. The third-order valence-corrected chi connectivity index (χ3v) is 4.19. The molecule has 1 aliphatic heterocycles. The van der Waals surface area contributed by atoms with Crippen LogP contribution in [0.1, 0.15) is 32.3 Å². The van der Waals surface area contributed by atoms with Crippen LogP contribution in [0.4, 0.5) is 5.82 Å². The van der Waals surface area contributed by atoms with Gasteiger partial charge in [-0.15, -0.1) is 0 Å². The average Bonchev–Trinajstić information content (AvgIpc) is 2.23. The molecule has 1 fully saturated rings. The van der Waals surface area contributed by atoms with Crippen molar-refractivity contribution in [3.63, 3.8) is 0 Å². The molecule has 2 nitrogen and oxygen atoms in total. The maximum atomic E-state index is 4.57. The molecular weight excluding hydrogens is 264 g/mol. The van der Waals surface area contributed by atoms with Crippen LogP contribution in [0.2, 0.25) is 0 Å². The molecule has 0 spiro atoms. The van der Waals surface area contributed by atoms with Gasteiger partial charge in [0.1, 0.15) is 5.82 Å². The number of aromatic nitrogens is 1. The number of nitrogens with zero attached hydrogens (tertiary/aromatic N) is 2. The second kappa shape index (κ2) is 4.74. The molecule has 1 aromatic heterocycles. The van der Waals surface area contributed by atoms with Gasteiger partial charge in [0.15, 0.2) is 0 Å². The zero-order valence-electron chi connectivity index (χ0n) is 10.2. The molecule has 2 unspecified atom stereocenters. The van der Waals surface area contributed by atoms with Gasteiger partial charge >= 0.3 is 0 Å². The van der Waals surface area contributed by atoms with E-state index in [2.05, 4.69) is 52.7 Å². The van der Waals surface area contributed by atoms with E-state index in [9.17, 15) is 0 Å². The number of piperidine rings is 1. The summed E-state index contributed by atoms with van der Waals surface area (Å²) in [6.07, 6.45) is 4.56. The molecule has 0 saturated carbocycles. The van der Waals surface area contributed by atoms with E-state index >= 15 is 0 Å². The van der Waals surface area contributed by atoms with E-state index in [1.54, 1.807) is 0 Å². The lowest BCUT2D eigenvalue weighted by atomic mass is 9.92. The molecule has 0 N–H and O–H groups in total. The fourth-order valence-electron chi connectivity index (χ4n) is 2.37. The van der Waals surface area contributed by atoms with E-state index in [4.69, 9.17) is 0 Å². The van der Waals surface area contributed by atoms with Crippen LogP contribution in [0.5, 0.6) is 0 Å². The predicted octanol–water partition coefficient (Wildman–Crippen LogP) is 3.78. The largest absolute Gasteiger partial charge is 0.353 e. The minimum atomic E-state index is 0.584. The van der Waals surface area contributed by atoms with E-state index in [0.717, 1.165) is 22.8 Å². The molecule has 0 aromatic carbocycles. The Hall–Kier alpha value is -0.570. The molecule has 16 heavy (non-hydrogen) atoms. The molecule has 0 amide bonds. The Bertz CT molecular complexity index is 378. The van der Waals surface area contributed by atoms with Crippen LogP contribution >= 0.6 is 15.9 Å². The summed E-state index contributed by atoms with van der Waals surface area (Å²) in [6, 6.07) is 2.73. The topological polar surface area (TPSA) is 16.1 Å². The van der Waals surface area contributed by atoms with Gasteiger partial charge in [-0.2, -0.15) is 0 Å². The van der Waals surface area contributed by atoms with Gasteiger partial charge in [0.25, 0.3) is 0 Å². The van der Waals surface area contributed by atoms with Gasteiger partial charge in [-0.25, -0.2) is 4.98 Å². The van der Waals surface area contributed by atoms with Crippen molar-refractivity contribution in [3.05, 3.63) is 22.3 Å². The van der Waals surface area contributed by atoms with E-state index < -0.39 is 0 Å². The fourth-order valence-corrected chi connectivity index (χ4v) is 3.06. The first-order valence-electron chi connectivity index (χ1n) is 5.98. The number of aryl methyl sites for hydroxylation is 1. The van der Waals surface area contributed by atoms with E-state index in [1.165, 1.54) is 18.4 Å². The normalized spacial score (nSPS) is 25.9. The zero-order valence-corrected chi connectivity index (χ0v) is 11.8. The highest BCUT2D eigenvalue weighted by atomic mass is 79.9. The maximum absolute atomic E-state index is 4.57. The average molecular weight is 283 g/mol. The summed E-state index contributed by atoms with van der Waals surface area (Å²) in [5, 5.41) is 0. The number of rotatable bonds is 1. The van der Waals surface area contributed by atoms with E-state index in [-0.39, 0.29) is 0 Å². The van der Waals surface area contributed by atoms with Crippen LogP contribution in [0.3, 0.4) is 0 Å². The predicted molar refractivity (Wildman–Crippen MR) is 71.9 cm³/mol. The molecule has 1 aromatic rings. The number of hydrogen-bond acceptors (Lipinski definition) is 2. The summed E-state index contributed by atoms with van der Waals surface area (Å²) in [5.41, 5.74) is 1.20. The second-order valence-corrected chi connectivity index (χ2v) is 5.73. The lowest BCUT2D eigenvalue weighted by molar-refractivity contribution is 0.361. The zero-order chi connectivity index (χ0) is 11.7. The van der Waals surface area contributed by atoms with Gasteiger partial charge in [-0.1, -0.05) is 6.92 Å². The van der Waals surface area contributed by atoms with Crippen molar-refractivity contribution in [2.45, 2.75) is 39.7 Å². The van der Waals surface area contributed by atoms with Crippen LogP contribution in [-0.2, 0) is 0 Å². The molecule has 2 atom stereocenters. The number of halogens is 1. The molecular formula is C13H19BrN2. The van der Waals surface area contributed by atoms with Crippen LogP contribution in [0, 0.1) is 12.8 Å². The first-order valence-corrected chi connectivity index (χ1v) is 6.77. The van der Waals surface area contributed by atoms with Crippen LogP contribution < -0.4 is 4.90 Å². The lowest BCUT2D eigenvalue weighted by Gasteiger charge is -2.39. The van der Waals surface area contributed by atoms with Gasteiger partial charge < -0.3 is 4.90 Å². The summed E-state index contributed by atoms with van der Waals surface area (Å²) in [7, 11) is 0. The molecule has 2 heterocycles. The standard InChI is InChI=1S/C13H19BrN2/c1-9-7-12(14)13(15-8-9)16-6-4-5-10(2)11(16)3/h7-8,10-11H,4-6H2,1-3H3. The highest BCUT2D eigenvalue weighted by Crippen LogP contribution is 2.32. The van der Waals surface area contributed by atoms with Crippen molar-refractivity contribution in [3.8, 4) is 0 Å². The lowest BCUT2D eigenvalue weighted by Crippen LogP contribution is -2.43. The monoisotopic (exact) mass is 282 g/mol. The van der Waals surface area contributed by atoms with Gasteiger partial charge in [0.2, 0.25) is 0 Å². The van der Waals surface area contributed by atoms with Crippen molar-refractivity contribution in [1.82, 2.24) is 4.98 Å². The SMILES string of the molecule is Cc1cnc(N2CCCC(C)C2C)c(Br)c1. The van der Waals surface area contributed by atoms with Crippen molar-refractivity contribution in [2.24, 2.45) is 5.92 Å². The quantitative estimate of drug-likeness (QED) is 0.779. The minimum Gasteiger partial charge on any atom is -0.353 e. The Labute approximate surface area is 106 Å². The minimum absolute atomic E-state index is 0.584. The number of hydrogen-bond donors (Lipinski definition) is 0. The Morgan fingerprint density at radius 2 is 2.19 bits per heavy atom. The van der Waals surface area contributed by atoms with E-state index in [1.807, 2.05) is 6.20 Å². The molecule has 1 aliphatic rings. The van der Waals surface area contributed by atoms with Crippen LogP contribution in [0.25, 0.3) is 0 Å². The smallest absolute Gasteiger partial charge is 0.143 e. The summed E-state index contributed by atoms with van der Waals surface area (Å²) in [6.45, 7) is 7.83. The molecule has 3 heteroatoms. The van der Waals surface area contributed by atoms with Crippen molar-refractivity contribution >= 4 is 21.7 Å². The third-order valence-electron chi connectivity index (χ3n) is 3.60. The molecule has 1 saturated heterocycles. The van der Waals surface area contributed by atoms with Crippen LogP contribution in [-0.4, -0.2) is 17.6 Å². The Balaban J connectivity index is 2.29. The summed E-state index contributed by atoms with van der Waals surface area (Å²) in [5.74, 6) is 1.86. The van der Waals surface area contributed by atoms with Crippen LogP contribution in [0.15, 0.2) is 16.7 Å². The molecule has 0 bridgehead atoms. The number of anilines is 1. The van der Waals surface area contributed by atoms with Gasteiger partial charge in [-0.05, 0) is 60.2 Å². The molecule has 0 aliphatic carbocycles. The number of pyridine rings is 1. The third kappa shape index (κ3) is 2.24.